The van der Waals surface area contributed by atoms with Crippen LogP contribution in [0.25, 0.3) is 0 Å². The van der Waals surface area contributed by atoms with Crippen molar-refractivity contribution in [1.29, 1.82) is 5.26 Å². The summed E-state index contributed by atoms with van der Waals surface area (Å²) in [6.45, 7) is 3.81. The Morgan fingerprint density at radius 3 is 2.74 bits per heavy atom. The number of hydrogen-bond donors (Lipinski definition) is 0. The van der Waals surface area contributed by atoms with Crippen molar-refractivity contribution >= 4 is 11.4 Å². The van der Waals surface area contributed by atoms with Crippen LogP contribution in [0.5, 0.6) is 0 Å². The van der Waals surface area contributed by atoms with Crippen LogP contribution in [0.4, 0.5) is 11.4 Å². The third kappa shape index (κ3) is 2.84. The minimum Gasteiger partial charge on any atom is -0.371 e. The Morgan fingerprint density at radius 1 is 1.53 bits per heavy atom. The van der Waals surface area contributed by atoms with Crippen molar-refractivity contribution in [3.8, 4) is 6.07 Å². The van der Waals surface area contributed by atoms with Gasteiger partial charge in [-0.15, -0.1) is 0 Å². The van der Waals surface area contributed by atoms with E-state index in [0.717, 1.165) is 18.8 Å². The lowest BCUT2D eigenvalue weighted by molar-refractivity contribution is -0.385. The molecule has 0 radical (unpaired) electrons. The molecule has 1 fully saturated rings. The number of nitro groups is 1. The van der Waals surface area contributed by atoms with E-state index in [1.807, 2.05) is 13.0 Å². The molecule has 100 valence electrons. The number of benzene rings is 1. The van der Waals surface area contributed by atoms with Crippen molar-refractivity contribution in [1.82, 2.24) is 0 Å². The van der Waals surface area contributed by atoms with Crippen LogP contribution in [0.1, 0.15) is 31.7 Å². The lowest BCUT2D eigenvalue weighted by atomic mass is 9.85. The third-order valence-corrected chi connectivity index (χ3v) is 3.75. The van der Waals surface area contributed by atoms with Crippen molar-refractivity contribution in [3.05, 3.63) is 33.9 Å². The molecule has 1 aliphatic rings. The molecule has 2 rings (SSSR count). The van der Waals surface area contributed by atoms with Crippen LogP contribution < -0.4 is 4.90 Å². The molecule has 1 aromatic carbocycles. The van der Waals surface area contributed by atoms with Crippen molar-refractivity contribution in [2.75, 3.05) is 18.0 Å². The fourth-order valence-corrected chi connectivity index (χ4v) is 2.37. The predicted molar refractivity (Wildman–Crippen MR) is 73.0 cm³/mol. The first-order valence-corrected chi connectivity index (χ1v) is 6.59. The van der Waals surface area contributed by atoms with Crippen molar-refractivity contribution in [3.63, 3.8) is 0 Å². The Hall–Kier alpha value is -2.09. The molecule has 0 aliphatic heterocycles. The number of nitrogens with zero attached hydrogens (tertiary/aromatic N) is 3. The van der Waals surface area contributed by atoms with E-state index in [-0.39, 0.29) is 11.3 Å². The Morgan fingerprint density at radius 2 is 2.26 bits per heavy atom. The average molecular weight is 259 g/mol. The number of nitriles is 1. The normalized spacial score (nSPS) is 14.5. The third-order valence-electron chi connectivity index (χ3n) is 3.75. The van der Waals surface area contributed by atoms with Gasteiger partial charge in [-0.25, -0.2) is 0 Å². The maximum Gasteiger partial charge on any atom is 0.289 e. The minimum atomic E-state index is -0.487. The van der Waals surface area contributed by atoms with Gasteiger partial charge < -0.3 is 4.90 Å². The highest BCUT2D eigenvalue weighted by Crippen LogP contribution is 2.30. The summed E-state index contributed by atoms with van der Waals surface area (Å²) >= 11 is 0. The summed E-state index contributed by atoms with van der Waals surface area (Å²) in [7, 11) is 0. The highest BCUT2D eigenvalue weighted by Gasteiger charge is 2.22. The van der Waals surface area contributed by atoms with Crippen molar-refractivity contribution < 1.29 is 4.92 Å². The molecule has 0 unspecified atom stereocenters. The number of anilines is 1. The molecule has 0 amide bonds. The fraction of sp³-hybridized carbons (Fsp3) is 0.500. The summed E-state index contributed by atoms with van der Waals surface area (Å²) in [4.78, 5) is 12.6. The van der Waals surface area contributed by atoms with Gasteiger partial charge in [0.2, 0.25) is 0 Å². The van der Waals surface area contributed by atoms with Gasteiger partial charge in [0.1, 0.15) is 11.6 Å². The van der Waals surface area contributed by atoms with Crippen LogP contribution in [-0.4, -0.2) is 18.0 Å². The first kappa shape index (κ1) is 13.3. The second kappa shape index (κ2) is 5.70. The van der Waals surface area contributed by atoms with Crippen LogP contribution in [0.15, 0.2) is 18.2 Å². The maximum atomic E-state index is 11.0. The minimum absolute atomic E-state index is 0.105. The standard InChI is InChI=1S/C14H17N3O2/c1-2-16(10-11-4-3-5-11)13-7-6-12(9-15)14(8-13)17(18)19/h6-8,11H,2-5,10H2,1H3. The van der Waals surface area contributed by atoms with Gasteiger partial charge in [0, 0.05) is 24.8 Å². The van der Waals surface area contributed by atoms with E-state index in [4.69, 9.17) is 5.26 Å². The molecule has 0 atom stereocenters. The van der Waals surface area contributed by atoms with Gasteiger partial charge in [-0.2, -0.15) is 5.26 Å². The van der Waals surface area contributed by atoms with Gasteiger partial charge in [-0.3, -0.25) is 10.1 Å². The zero-order chi connectivity index (χ0) is 13.8. The number of rotatable bonds is 5. The molecule has 0 bridgehead atoms. The lowest BCUT2D eigenvalue weighted by Crippen LogP contribution is -2.32. The summed E-state index contributed by atoms with van der Waals surface area (Å²) in [5, 5.41) is 19.8. The second-order valence-corrected chi connectivity index (χ2v) is 4.91. The Balaban J connectivity index is 2.24. The topological polar surface area (TPSA) is 70.2 Å². The van der Waals surface area contributed by atoms with E-state index in [2.05, 4.69) is 4.90 Å². The quantitative estimate of drug-likeness (QED) is 0.601. The van der Waals surface area contributed by atoms with Gasteiger partial charge in [0.15, 0.2) is 0 Å². The van der Waals surface area contributed by atoms with Crippen molar-refractivity contribution in [2.24, 2.45) is 5.92 Å². The molecule has 5 heteroatoms. The predicted octanol–water partition coefficient (Wildman–Crippen LogP) is 3.09. The Kier molecular flexibility index (Phi) is 4.00. The largest absolute Gasteiger partial charge is 0.371 e. The molecule has 0 heterocycles. The van der Waals surface area contributed by atoms with Crippen LogP contribution in [0, 0.1) is 27.4 Å². The van der Waals surface area contributed by atoms with E-state index in [9.17, 15) is 10.1 Å². The summed E-state index contributed by atoms with van der Waals surface area (Å²) in [6, 6.07) is 6.72. The maximum absolute atomic E-state index is 11.0. The highest BCUT2D eigenvalue weighted by atomic mass is 16.6. The van der Waals surface area contributed by atoms with Crippen molar-refractivity contribution in [2.45, 2.75) is 26.2 Å². The summed E-state index contributed by atoms with van der Waals surface area (Å²) < 4.78 is 0. The zero-order valence-electron chi connectivity index (χ0n) is 11.0. The summed E-state index contributed by atoms with van der Waals surface area (Å²) in [5.74, 6) is 0.703. The molecule has 19 heavy (non-hydrogen) atoms. The van der Waals surface area contributed by atoms with E-state index in [1.165, 1.54) is 31.4 Å². The number of nitro benzene ring substituents is 1. The molecule has 1 saturated carbocycles. The SMILES string of the molecule is CCN(CC1CCC1)c1ccc(C#N)c([N+](=O)[O-])c1. The van der Waals surface area contributed by atoms with E-state index in [0.29, 0.717) is 5.92 Å². The van der Waals surface area contributed by atoms with E-state index in [1.54, 1.807) is 6.07 Å². The summed E-state index contributed by atoms with van der Waals surface area (Å²) in [5.41, 5.74) is 0.848. The zero-order valence-corrected chi connectivity index (χ0v) is 11.0. The van der Waals surface area contributed by atoms with Crippen LogP contribution in [0.2, 0.25) is 0 Å². The molecule has 0 spiro atoms. The molecule has 5 nitrogen and oxygen atoms in total. The monoisotopic (exact) mass is 259 g/mol. The first-order valence-electron chi connectivity index (χ1n) is 6.59. The summed E-state index contributed by atoms with van der Waals surface area (Å²) in [6.07, 6.45) is 3.78. The molecular formula is C14H17N3O2. The van der Waals surface area contributed by atoms with Gasteiger partial charge >= 0.3 is 0 Å². The fourth-order valence-electron chi connectivity index (χ4n) is 2.37. The smallest absolute Gasteiger partial charge is 0.289 e. The van der Waals surface area contributed by atoms with Gasteiger partial charge in [0.05, 0.1) is 4.92 Å². The van der Waals surface area contributed by atoms with Gasteiger partial charge in [-0.1, -0.05) is 6.42 Å². The molecule has 0 saturated heterocycles. The highest BCUT2D eigenvalue weighted by molar-refractivity contribution is 5.60. The lowest BCUT2D eigenvalue weighted by Gasteiger charge is -2.33. The number of hydrogen-bond acceptors (Lipinski definition) is 4. The van der Waals surface area contributed by atoms with Crippen LogP contribution in [-0.2, 0) is 0 Å². The van der Waals surface area contributed by atoms with Crippen LogP contribution in [0.3, 0.4) is 0 Å². The Labute approximate surface area is 112 Å². The van der Waals surface area contributed by atoms with E-state index < -0.39 is 4.92 Å². The van der Waals surface area contributed by atoms with E-state index >= 15 is 0 Å². The molecule has 0 N–H and O–H groups in total. The first-order chi connectivity index (χ1) is 9.15. The second-order valence-electron chi connectivity index (χ2n) is 4.91. The molecule has 1 aromatic rings. The molecule has 1 aliphatic carbocycles. The molecule has 0 aromatic heterocycles. The Bertz CT molecular complexity index is 518. The average Bonchev–Trinajstić information content (AvgIpc) is 2.37. The van der Waals surface area contributed by atoms with Gasteiger partial charge in [-0.05, 0) is 37.8 Å². The van der Waals surface area contributed by atoms with Gasteiger partial charge in [0.25, 0.3) is 5.69 Å². The van der Waals surface area contributed by atoms with Crippen LogP contribution >= 0.6 is 0 Å². The molecular weight excluding hydrogens is 242 g/mol.